The lowest BCUT2D eigenvalue weighted by Gasteiger charge is -2.06. The minimum absolute atomic E-state index is 0.108. The first-order valence-corrected chi connectivity index (χ1v) is 8.57. The molecule has 0 atom stereocenters. The molecule has 25 heavy (non-hydrogen) atoms. The van der Waals surface area contributed by atoms with Crippen LogP contribution in [-0.2, 0) is 11.3 Å². The number of carbonyl (C=O) groups is 1. The summed E-state index contributed by atoms with van der Waals surface area (Å²) in [6.45, 7) is 4.21. The number of nitrogens with zero attached hydrogens (tertiary/aromatic N) is 2. The zero-order valence-corrected chi connectivity index (χ0v) is 14.7. The van der Waals surface area contributed by atoms with E-state index in [0.29, 0.717) is 17.1 Å². The Bertz CT molecular complexity index is 958. The van der Waals surface area contributed by atoms with Crippen LogP contribution < -0.4 is 14.3 Å². The van der Waals surface area contributed by atoms with E-state index in [1.165, 1.54) is 11.3 Å². The minimum Gasteiger partial charge on any atom is -0.495 e. The van der Waals surface area contributed by atoms with Crippen molar-refractivity contribution in [2.75, 3.05) is 13.7 Å². The molecule has 0 saturated heterocycles. The fourth-order valence-electron chi connectivity index (χ4n) is 2.45. The normalized spacial score (nSPS) is 11.5. The second kappa shape index (κ2) is 7.81. The Hall–Kier alpha value is -2.86. The summed E-state index contributed by atoms with van der Waals surface area (Å²) in [6, 6.07) is 15.0. The maximum absolute atomic E-state index is 12.2. The number of ether oxygens (including phenoxy) is 2. The number of carbonyl (C=O) groups excluding carboxylic acids is 1. The van der Waals surface area contributed by atoms with Crippen molar-refractivity contribution in [1.29, 1.82) is 0 Å². The molecule has 0 bridgehead atoms. The molecule has 0 saturated carbocycles. The molecular weight excluding hydrogens is 336 g/mol. The quantitative estimate of drug-likeness (QED) is 0.638. The number of aromatic nitrogens is 1. The molecule has 6 heteroatoms. The monoisotopic (exact) mass is 354 g/mol. The van der Waals surface area contributed by atoms with Gasteiger partial charge in [0, 0.05) is 6.54 Å². The molecule has 0 aliphatic rings. The summed E-state index contributed by atoms with van der Waals surface area (Å²) in [5.74, 6) is 1.04. The van der Waals surface area contributed by atoms with E-state index in [1.54, 1.807) is 25.3 Å². The number of allylic oxidation sites excluding steroid dienone is 1. The third kappa shape index (κ3) is 3.80. The van der Waals surface area contributed by atoms with Crippen molar-refractivity contribution in [1.82, 2.24) is 4.57 Å². The van der Waals surface area contributed by atoms with Gasteiger partial charge < -0.3 is 14.0 Å². The fourth-order valence-corrected chi connectivity index (χ4v) is 3.52. The van der Waals surface area contributed by atoms with Crippen molar-refractivity contribution in [2.24, 2.45) is 4.99 Å². The van der Waals surface area contributed by atoms with Crippen LogP contribution in [-0.4, -0.2) is 24.2 Å². The van der Waals surface area contributed by atoms with Crippen LogP contribution in [0.4, 0.5) is 0 Å². The molecule has 0 aliphatic heterocycles. The summed E-state index contributed by atoms with van der Waals surface area (Å²) in [5, 5.41) is 0. The van der Waals surface area contributed by atoms with Crippen LogP contribution in [0.25, 0.3) is 10.2 Å². The molecule has 1 amide bonds. The molecule has 1 heterocycles. The van der Waals surface area contributed by atoms with E-state index in [0.717, 1.165) is 16.0 Å². The predicted molar refractivity (Wildman–Crippen MR) is 99.1 cm³/mol. The first-order chi connectivity index (χ1) is 12.2. The lowest BCUT2D eigenvalue weighted by atomic mass is 10.3. The van der Waals surface area contributed by atoms with Gasteiger partial charge in [-0.15, -0.1) is 6.58 Å². The summed E-state index contributed by atoms with van der Waals surface area (Å²) < 4.78 is 13.8. The van der Waals surface area contributed by atoms with Gasteiger partial charge in [0.1, 0.15) is 17.0 Å². The number of benzene rings is 2. The van der Waals surface area contributed by atoms with E-state index < -0.39 is 0 Å². The zero-order valence-electron chi connectivity index (χ0n) is 13.8. The van der Waals surface area contributed by atoms with Crippen molar-refractivity contribution < 1.29 is 14.3 Å². The van der Waals surface area contributed by atoms with Crippen molar-refractivity contribution >= 4 is 27.5 Å². The van der Waals surface area contributed by atoms with Crippen LogP contribution in [0.1, 0.15) is 0 Å². The van der Waals surface area contributed by atoms with Crippen LogP contribution in [0, 0.1) is 0 Å². The number of para-hydroxylation sites is 2. The molecule has 0 spiro atoms. The molecule has 0 unspecified atom stereocenters. The number of methoxy groups -OCH3 is 1. The molecule has 0 aliphatic carbocycles. The Balaban J connectivity index is 1.93. The highest BCUT2D eigenvalue weighted by atomic mass is 32.1. The van der Waals surface area contributed by atoms with Gasteiger partial charge in [0.05, 0.1) is 11.8 Å². The van der Waals surface area contributed by atoms with Gasteiger partial charge in [-0.05, 0) is 24.3 Å². The summed E-state index contributed by atoms with van der Waals surface area (Å²) in [6.07, 6.45) is 1.77. The lowest BCUT2D eigenvalue weighted by molar-refractivity contribution is -0.120. The number of fused-ring (bicyclic) bond motifs is 1. The standard InChI is InChI=1S/C19H18N2O3S/c1-3-12-21-18-15(23-2)10-7-11-16(18)25-19(21)20-17(22)13-24-14-8-5-4-6-9-14/h3-11H,1,12-13H2,2H3. The first-order valence-electron chi connectivity index (χ1n) is 7.75. The van der Waals surface area contributed by atoms with Crippen molar-refractivity contribution in [3.63, 3.8) is 0 Å². The average Bonchev–Trinajstić information content (AvgIpc) is 2.98. The number of thiazole rings is 1. The van der Waals surface area contributed by atoms with E-state index in [4.69, 9.17) is 9.47 Å². The summed E-state index contributed by atoms with van der Waals surface area (Å²) in [7, 11) is 1.63. The highest BCUT2D eigenvalue weighted by molar-refractivity contribution is 7.16. The first kappa shape index (κ1) is 17.0. The molecule has 0 fully saturated rings. The Morgan fingerprint density at radius 1 is 1.24 bits per heavy atom. The predicted octanol–water partition coefficient (Wildman–Crippen LogP) is 3.40. The SMILES string of the molecule is C=CCn1c(=NC(=O)COc2ccccc2)sc2cccc(OC)c21. The Morgan fingerprint density at radius 3 is 2.76 bits per heavy atom. The highest BCUT2D eigenvalue weighted by Gasteiger charge is 2.11. The van der Waals surface area contributed by atoms with Gasteiger partial charge in [0.2, 0.25) is 0 Å². The van der Waals surface area contributed by atoms with Crippen LogP contribution >= 0.6 is 11.3 Å². The van der Waals surface area contributed by atoms with Gasteiger partial charge in [-0.1, -0.05) is 41.7 Å². The lowest BCUT2D eigenvalue weighted by Crippen LogP contribution is -2.19. The molecule has 1 aromatic heterocycles. The van der Waals surface area contributed by atoms with E-state index >= 15 is 0 Å². The van der Waals surface area contributed by atoms with Crippen molar-refractivity contribution in [2.45, 2.75) is 6.54 Å². The van der Waals surface area contributed by atoms with Crippen LogP contribution in [0.3, 0.4) is 0 Å². The largest absolute Gasteiger partial charge is 0.495 e. The third-order valence-corrected chi connectivity index (χ3v) is 4.57. The van der Waals surface area contributed by atoms with Crippen LogP contribution in [0.2, 0.25) is 0 Å². The molecule has 3 aromatic rings. The Kier molecular flexibility index (Phi) is 5.30. The van der Waals surface area contributed by atoms with Gasteiger partial charge in [-0.2, -0.15) is 4.99 Å². The summed E-state index contributed by atoms with van der Waals surface area (Å²) in [5.41, 5.74) is 0.908. The summed E-state index contributed by atoms with van der Waals surface area (Å²) in [4.78, 5) is 17.0. The van der Waals surface area contributed by atoms with Gasteiger partial charge in [0.15, 0.2) is 11.4 Å². The second-order valence-electron chi connectivity index (χ2n) is 5.20. The fraction of sp³-hybridized carbons (Fsp3) is 0.158. The molecule has 3 rings (SSSR count). The highest BCUT2D eigenvalue weighted by Crippen LogP contribution is 2.27. The number of hydrogen-bond donors (Lipinski definition) is 0. The third-order valence-electron chi connectivity index (χ3n) is 3.52. The van der Waals surface area contributed by atoms with Crippen LogP contribution in [0.15, 0.2) is 66.2 Å². The molecule has 2 aromatic carbocycles. The van der Waals surface area contributed by atoms with Crippen LogP contribution in [0.5, 0.6) is 11.5 Å². The Labute approximate surface area is 149 Å². The maximum Gasteiger partial charge on any atom is 0.286 e. The van der Waals surface area contributed by atoms with Gasteiger partial charge in [-0.3, -0.25) is 4.79 Å². The molecule has 0 N–H and O–H groups in total. The average molecular weight is 354 g/mol. The Morgan fingerprint density at radius 2 is 2.04 bits per heavy atom. The van der Waals surface area contributed by atoms with Gasteiger partial charge in [0.25, 0.3) is 5.91 Å². The maximum atomic E-state index is 12.2. The van der Waals surface area contributed by atoms with E-state index in [1.807, 2.05) is 41.0 Å². The van der Waals surface area contributed by atoms with E-state index in [2.05, 4.69) is 11.6 Å². The van der Waals surface area contributed by atoms with Gasteiger partial charge in [-0.25, -0.2) is 0 Å². The number of rotatable bonds is 6. The van der Waals surface area contributed by atoms with E-state index in [-0.39, 0.29) is 12.5 Å². The minimum atomic E-state index is -0.341. The molecular formula is C19H18N2O3S. The molecule has 128 valence electrons. The summed E-state index contributed by atoms with van der Waals surface area (Å²) >= 11 is 1.44. The van der Waals surface area contributed by atoms with E-state index in [9.17, 15) is 4.79 Å². The van der Waals surface area contributed by atoms with Crippen molar-refractivity contribution in [3.8, 4) is 11.5 Å². The topological polar surface area (TPSA) is 52.8 Å². The van der Waals surface area contributed by atoms with Crippen molar-refractivity contribution in [3.05, 3.63) is 66.0 Å². The molecule has 0 radical (unpaired) electrons. The number of hydrogen-bond acceptors (Lipinski definition) is 4. The second-order valence-corrected chi connectivity index (χ2v) is 6.21. The zero-order chi connectivity index (χ0) is 17.6. The number of amides is 1. The molecule has 5 nitrogen and oxygen atoms in total. The van der Waals surface area contributed by atoms with Gasteiger partial charge >= 0.3 is 0 Å². The smallest absolute Gasteiger partial charge is 0.286 e.